The Morgan fingerprint density at radius 2 is 2.04 bits per heavy atom. The summed E-state index contributed by atoms with van der Waals surface area (Å²) in [5, 5.41) is 5.53. The molecule has 6 nitrogen and oxygen atoms in total. The first-order chi connectivity index (χ1) is 12.2. The number of carbonyl (C=O) groups excluding carboxylic acids is 1. The molecular formula is C18H20N2O4S. The number of nitrogens with zero attached hydrogens (tertiary/aromatic N) is 1. The largest absolute Gasteiger partial charge is 0.493 e. The van der Waals surface area contributed by atoms with Crippen molar-refractivity contribution in [3.05, 3.63) is 46.2 Å². The summed E-state index contributed by atoms with van der Waals surface area (Å²) in [5.74, 6) is 0.825. The van der Waals surface area contributed by atoms with Crippen molar-refractivity contribution in [2.24, 2.45) is 10.9 Å². The zero-order valence-corrected chi connectivity index (χ0v) is 14.8. The molecule has 0 saturated heterocycles. The first kappa shape index (κ1) is 17.3. The molecule has 1 aliphatic rings. The molecule has 0 atom stereocenters. The van der Waals surface area contributed by atoms with Crippen molar-refractivity contribution in [3.8, 4) is 11.5 Å². The average Bonchev–Trinajstić information content (AvgIpc) is 3.33. The van der Waals surface area contributed by atoms with Crippen LogP contribution in [-0.4, -0.2) is 25.0 Å². The highest BCUT2D eigenvalue weighted by Crippen LogP contribution is 2.32. The molecule has 0 bridgehead atoms. The Kier molecular flexibility index (Phi) is 5.55. The van der Waals surface area contributed by atoms with Crippen LogP contribution in [0.2, 0.25) is 0 Å². The Labute approximate surface area is 150 Å². The highest BCUT2D eigenvalue weighted by atomic mass is 32.1. The number of hydrogen-bond acceptors (Lipinski definition) is 6. The van der Waals surface area contributed by atoms with Crippen LogP contribution >= 0.6 is 11.3 Å². The number of amidine groups is 1. The highest BCUT2D eigenvalue weighted by Gasteiger charge is 2.19. The van der Waals surface area contributed by atoms with E-state index in [1.54, 1.807) is 42.8 Å². The molecule has 1 heterocycles. The van der Waals surface area contributed by atoms with Gasteiger partial charge in [0.1, 0.15) is 4.88 Å². The van der Waals surface area contributed by atoms with Gasteiger partial charge in [0, 0.05) is 5.56 Å². The third-order valence-corrected chi connectivity index (χ3v) is 4.85. The van der Waals surface area contributed by atoms with Gasteiger partial charge in [0.15, 0.2) is 17.3 Å². The Hall–Kier alpha value is -2.54. The predicted octanol–water partition coefficient (Wildman–Crippen LogP) is 3.56. The standard InChI is InChI=1S/C18H20N2O4S/c1-22-14-9-8-12(11-15(14)23-13-5-2-3-6-13)17(19)20-24-18(21)16-7-4-10-25-16/h4,7-11,13H,2-3,5-6H2,1H3,(H2,19,20). The summed E-state index contributed by atoms with van der Waals surface area (Å²) in [5.41, 5.74) is 6.55. The van der Waals surface area contributed by atoms with Crippen molar-refractivity contribution in [1.29, 1.82) is 0 Å². The smallest absolute Gasteiger partial charge is 0.375 e. The summed E-state index contributed by atoms with van der Waals surface area (Å²) in [7, 11) is 1.59. The van der Waals surface area contributed by atoms with E-state index in [9.17, 15) is 4.79 Å². The van der Waals surface area contributed by atoms with Crippen LogP contribution in [0.5, 0.6) is 11.5 Å². The fourth-order valence-electron chi connectivity index (χ4n) is 2.70. The molecular weight excluding hydrogens is 340 g/mol. The SMILES string of the molecule is COc1ccc(/C(N)=N/OC(=O)c2cccs2)cc1OC1CCCC1. The van der Waals surface area contributed by atoms with Gasteiger partial charge in [-0.25, -0.2) is 4.79 Å². The second-order valence-electron chi connectivity index (χ2n) is 5.72. The van der Waals surface area contributed by atoms with Crippen LogP contribution in [0.3, 0.4) is 0 Å². The number of benzene rings is 1. The molecule has 0 aliphatic heterocycles. The minimum Gasteiger partial charge on any atom is -0.493 e. The number of carbonyl (C=O) groups is 1. The third kappa shape index (κ3) is 4.30. The Morgan fingerprint density at radius 1 is 1.24 bits per heavy atom. The molecule has 0 spiro atoms. The summed E-state index contributed by atoms with van der Waals surface area (Å²) < 4.78 is 11.4. The summed E-state index contributed by atoms with van der Waals surface area (Å²) in [6.07, 6.45) is 4.62. The molecule has 132 valence electrons. The van der Waals surface area contributed by atoms with E-state index in [1.807, 2.05) is 0 Å². The van der Waals surface area contributed by atoms with Gasteiger partial charge in [0.2, 0.25) is 0 Å². The van der Waals surface area contributed by atoms with Gasteiger partial charge in [0.05, 0.1) is 13.2 Å². The predicted molar refractivity (Wildman–Crippen MR) is 96.3 cm³/mol. The van der Waals surface area contributed by atoms with Gasteiger partial charge < -0.3 is 20.0 Å². The van der Waals surface area contributed by atoms with Gasteiger partial charge in [-0.05, 0) is 55.3 Å². The molecule has 2 N–H and O–H groups in total. The lowest BCUT2D eigenvalue weighted by Gasteiger charge is -2.16. The minimum atomic E-state index is -0.533. The van der Waals surface area contributed by atoms with Crippen LogP contribution in [0.1, 0.15) is 40.9 Å². The van der Waals surface area contributed by atoms with Crippen molar-refractivity contribution >= 4 is 23.1 Å². The number of hydrogen-bond donors (Lipinski definition) is 1. The van der Waals surface area contributed by atoms with E-state index in [0.29, 0.717) is 21.9 Å². The monoisotopic (exact) mass is 360 g/mol. The normalized spacial score (nSPS) is 15.2. The Morgan fingerprint density at radius 3 is 2.72 bits per heavy atom. The lowest BCUT2D eigenvalue weighted by molar-refractivity contribution is 0.0522. The molecule has 1 fully saturated rings. The molecule has 7 heteroatoms. The summed E-state index contributed by atoms with van der Waals surface area (Å²) in [6.45, 7) is 0. The van der Waals surface area contributed by atoms with Crippen LogP contribution in [0.15, 0.2) is 40.9 Å². The molecule has 1 aromatic heterocycles. The van der Waals surface area contributed by atoms with Gasteiger partial charge in [-0.3, -0.25) is 0 Å². The number of ether oxygens (including phenoxy) is 2. The van der Waals surface area contributed by atoms with Gasteiger partial charge in [0.25, 0.3) is 0 Å². The first-order valence-electron chi connectivity index (χ1n) is 8.11. The minimum absolute atomic E-state index is 0.101. The van der Waals surface area contributed by atoms with E-state index < -0.39 is 5.97 Å². The highest BCUT2D eigenvalue weighted by molar-refractivity contribution is 7.11. The molecule has 1 aliphatic carbocycles. The molecule has 3 rings (SSSR count). The second-order valence-corrected chi connectivity index (χ2v) is 6.67. The van der Waals surface area contributed by atoms with E-state index in [4.69, 9.17) is 20.0 Å². The lowest BCUT2D eigenvalue weighted by Crippen LogP contribution is -2.16. The van der Waals surface area contributed by atoms with Crippen LogP contribution in [0.25, 0.3) is 0 Å². The molecule has 1 aromatic carbocycles. The van der Waals surface area contributed by atoms with Crippen LogP contribution in [0, 0.1) is 0 Å². The lowest BCUT2D eigenvalue weighted by atomic mass is 10.2. The van der Waals surface area contributed by atoms with Crippen molar-refractivity contribution < 1.29 is 19.1 Å². The maximum atomic E-state index is 11.8. The van der Waals surface area contributed by atoms with E-state index in [0.717, 1.165) is 12.8 Å². The van der Waals surface area contributed by atoms with Crippen molar-refractivity contribution in [3.63, 3.8) is 0 Å². The molecule has 0 unspecified atom stereocenters. The summed E-state index contributed by atoms with van der Waals surface area (Å²) >= 11 is 1.28. The van der Waals surface area contributed by atoms with Crippen LogP contribution < -0.4 is 15.2 Å². The zero-order chi connectivity index (χ0) is 17.6. The molecule has 0 amide bonds. The van der Waals surface area contributed by atoms with Gasteiger partial charge >= 0.3 is 5.97 Å². The number of nitrogens with two attached hydrogens (primary N) is 1. The second kappa shape index (κ2) is 8.02. The fraction of sp³-hybridized carbons (Fsp3) is 0.333. The Balaban J connectivity index is 1.73. The van der Waals surface area contributed by atoms with Crippen molar-refractivity contribution in [1.82, 2.24) is 0 Å². The maximum absolute atomic E-state index is 11.8. The van der Waals surface area contributed by atoms with E-state index in [1.165, 1.54) is 24.2 Å². The van der Waals surface area contributed by atoms with E-state index >= 15 is 0 Å². The first-order valence-corrected chi connectivity index (χ1v) is 8.98. The van der Waals surface area contributed by atoms with Crippen LogP contribution in [-0.2, 0) is 4.84 Å². The van der Waals surface area contributed by atoms with Gasteiger partial charge in [-0.15, -0.1) is 11.3 Å². The topological polar surface area (TPSA) is 83.1 Å². The molecule has 0 radical (unpaired) electrons. The molecule has 25 heavy (non-hydrogen) atoms. The number of methoxy groups -OCH3 is 1. The summed E-state index contributed by atoms with van der Waals surface area (Å²) in [6, 6.07) is 8.71. The maximum Gasteiger partial charge on any atom is 0.375 e. The van der Waals surface area contributed by atoms with E-state index in [-0.39, 0.29) is 11.9 Å². The quantitative estimate of drug-likeness (QED) is 0.369. The number of rotatable bonds is 6. The van der Waals surface area contributed by atoms with Crippen molar-refractivity contribution in [2.75, 3.05) is 7.11 Å². The van der Waals surface area contributed by atoms with Crippen LogP contribution in [0.4, 0.5) is 0 Å². The van der Waals surface area contributed by atoms with Crippen molar-refractivity contribution in [2.45, 2.75) is 31.8 Å². The average molecular weight is 360 g/mol. The van der Waals surface area contributed by atoms with Gasteiger partial charge in [-0.1, -0.05) is 11.2 Å². The molecule has 1 saturated carbocycles. The van der Waals surface area contributed by atoms with Gasteiger partial charge in [-0.2, -0.15) is 0 Å². The zero-order valence-electron chi connectivity index (χ0n) is 13.9. The Bertz CT molecular complexity index is 752. The number of oxime groups is 1. The fourth-order valence-corrected chi connectivity index (χ4v) is 3.29. The van der Waals surface area contributed by atoms with E-state index in [2.05, 4.69) is 5.16 Å². The number of thiophene rings is 1. The third-order valence-electron chi connectivity index (χ3n) is 4.00. The molecule has 2 aromatic rings. The summed E-state index contributed by atoms with van der Waals surface area (Å²) in [4.78, 5) is 17.2.